The van der Waals surface area contributed by atoms with Crippen LogP contribution in [-0.4, -0.2) is 73.2 Å². The zero-order chi connectivity index (χ0) is 19.9. The monoisotopic (exact) mass is 388 g/mol. The normalized spacial score (nSPS) is 13.8. The number of piperazine rings is 1. The second-order valence-electron chi connectivity index (χ2n) is 6.01. The van der Waals surface area contributed by atoms with E-state index >= 15 is 0 Å². The average molecular weight is 388 g/mol. The van der Waals surface area contributed by atoms with Crippen LogP contribution < -0.4 is 19.7 Å². The molecule has 0 unspecified atom stereocenters. The molecular formula is C18H24N6O4. The Balaban J connectivity index is 1.66. The smallest absolute Gasteiger partial charge is 0.409 e. The third-order valence-corrected chi connectivity index (χ3v) is 4.32. The molecule has 3 rings (SSSR count). The lowest BCUT2D eigenvalue weighted by Crippen LogP contribution is -2.49. The first kappa shape index (κ1) is 19.5. The summed E-state index contributed by atoms with van der Waals surface area (Å²) in [4.78, 5) is 20.1. The summed E-state index contributed by atoms with van der Waals surface area (Å²) in [5.41, 5.74) is 0.753. The van der Waals surface area contributed by atoms with Crippen LogP contribution in [0.25, 0.3) is 0 Å². The van der Waals surface area contributed by atoms with Gasteiger partial charge in [-0.2, -0.15) is 10.1 Å². The number of nitrogens with zero attached hydrogens (tertiary/aromatic N) is 5. The maximum absolute atomic E-state index is 11.8. The Bertz CT molecular complexity index is 810. The standard InChI is InChI=1S/C18H24N6O4/c1-4-28-18(25)24-9-7-23(8-10-24)16-12-19-22-17(21-16)20-13-5-6-14(26-2)15(11-13)27-3/h5-6,11-12H,4,7-10H2,1-3H3,(H,20,21,22). The predicted molar refractivity (Wildman–Crippen MR) is 103 cm³/mol. The zero-order valence-corrected chi connectivity index (χ0v) is 16.2. The molecule has 10 nitrogen and oxygen atoms in total. The highest BCUT2D eigenvalue weighted by Crippen LogP contribution is 2.30. The number of hydrogen-bond donors (Lipinski definition) is 1. The van der Waals surface area contributed by atoms with Crippen LogP contribution in [0, 0.1) is 0 Å². The van der Waals surface area contributed by atoms with Gasteiger partial charge in [-0.15, -0.1) is 5.10 Å². The van der Waals surface area contributed by atoms with E-state index in [1.807, 2.05) is 6.07 Å². The minimum atomic E-state index is -0.279. The summed E-state index contributed by atoms with van der Waals surface area (Å²) >= 11 is 0. The van der Waals surface area contributed by atoms with Gasteiger partial charge in [0, 0.05) is 37.9 Å². The van der Waals surface area contributed by atoms with Gasteiger partial charge in [0.25, 0.3) is 0 Å². The van der Waals surface area contributed by atoms with Gasteiger partial charge in [-0.3, -0.25) is 0 Å². The lowest BCUT2D eigenvalue weighted by atomic mass is 10.3. The number of aromatic nitrogens is 3. The van der Waals surface area contributed by atoms with E-state index < -0.39 is 0 Å². The number of methoxy groups -OCH3 is 2. The highest BCUT2D eigenvalue weighted by molar-refractivity contribution is 5.68. The lowest BCUT2D eigenvalue weighted by Gasteiger charge is -2.34. The molecule has 2 heterocycles. The van der Waals surface area contributed by atoms with Gasteiger partial charge in [-0.1, -0.05) is 0 Å². The van der Waals surface area contributed by atoms with E-state index in [1.165, 1.54) is 0 Å². The van der Waals surface area contributed by atoms with Crippen molar-refractivity contribution in [1.82, 2.24) is 20.1 Å². The Morgan fingerprint density at radius 3 is 2.57 bits per heavy atom. The second-order valence-corrected chi connectivity index (χ2v) is 6.01. The van der Waals surface area contributed by atoms with Crippen molar-refractivity contribution >= 4 is 23.5 Å². The summed E-state index contributed by atoms with van der Waals surface area (Å²) in [6.45, 7) is 4.61. The summed E-state index contributed by atoms with van der Waals surface area (Å²) in [5, 5.41) is 11.2. The van der Waals surface area contributed by atoms with E-state index in [1.54, 1.807) is 44.4 Å². The Morgan fingerprint density at radius 2 is 1.89 bits per heavy atom. The minimum absolute atomic E-state index is 0.279. The number of amides is 1. The zero-order valence-electron chi connectivity index (χ0n) is 16.2. The van der Waals surface area contributed by atoms with Gasteiger partial charge in [0.2, 0.25) is 5.95 Å². The number of carbonyl (C=O) groups excluding carboxylic acids is 1. The molecular weight excluding hydrogens is 364 g/mol. The van der Waals surface area contributed by atoms with Crippen molar-refractivity contribution in [3.8, 4) is 11.5 Å². The number of hydrogen-bond acceptors (Lipinski definition) is 9. The quantitative estimate of drug-likeness (QED) is 0.795. The van der Waals surface area contributed by atoms with E-state index in [-0.39, 0.29) is 6.09 Å². The average Bonchev–Trinajstić information content (AvgIpc) is 2.74. The van der Waals surface area contributed by atoms with Gasteiger partial charge in [0.15, 0.2) is 17.3 Å². The molecule has 0 aliphatic carbocycles. The van der Waals surface area contributed by atoms with Crippen molar-refractivity contribution in [2.75, 3.05) is 57.2 Å². The number of ether oxygens (including phenoxy) is 3. The van der Waals surface area contributed by atoms with Crippen LogP contribution >= 0.6 is 0 Å². The molecule has 150 valence electrons. The van der Waals surface area contributed by atoms with Crippen molar-refractivity contribution in [1.29, 1.82) is 0 Å². The van der Waals surface area contributed by atoms with Crippen LogP contribution in [0.4, 0.5) is 22.2 Å². The Kier molecular flexibility index (Phi) is 6.30. The first-order valence-corrected chi connectivity index (χ1v) is 9.00. The molecule has 1 aromatic carbocycles. The summed E-state index contributed by atoms with van der Waals surface area (Å²) in [5.74, 6) is 2.31. The Hall–Kier alpha value is -3.30. The fraction of sp³-hybridized carbons (Fsp3) is 0.444. The van der Waals surface area contributed by atoms with Crippen molar-refractivity contribution < 1.29 is 19.0 Å². The van der Waals surface area contributed by atoms with Gasteiger partial charge in [0.05, 0.1) is 27.0 Å². The largest absolute Gasteiger partial charge is 0.493 e. The van der Waals surface area contributed by atoms with Gasteiger partial charge in [-0.05, 0) is 19.1 Å². The second kappa shape index (κ2) is 9.07. The topological polar surface area (TPSA) is 102 Å². The van der Waals surface area contributed by atoms with Crippen molar-refractivity contribution in [3.05, 3.63) is 24.4 Å². The maximum Gasteiger partial charge on any atom is 0.409 e. The maximum atomic E-state index is 11.8. The van der Waals surface area contributed by atoms with Crippen molar-refractivity contribution in [3.63, 3.8) is 0 Å². The van der Waals surface area contributed by atoms with E-state index in [0.717, 1.165) is 5.69 Å². The third kappa shape index (κ3) is 4.51. The third-order valence-electron chi connectivity index (χ3n) is 4.32. The van der Waals surface area contributed by atoms with Crippen LogP contribution in [0.3, 0.4) is 0 Å². The van der Waals surface area contributed by atoms with Gasteiger partial charge in [0.1, 0.15) is 0 Å². The summed E-state index contributed by atoms with van der Waals surface area (Å²) in [6, 6.07) is 5.44. The molecule has 0 atom stereocenters. The molecule has 2 aromatic rings. The lowest BCUT2D eigenvalue weighted by molar-refractivity contribution is 0.105. The molecule has 1 fully saturated rings. The van der Waals surface area contributed by atoms with E-state index in [9.17, 15) is 4.79 Å². The first-order chi connectivity index (χ1) is 13.6. The molecule has 1 aliphatic rings. The SMILES string of the molecule is CCOC(=O)N1CCN(c2cnnc(Nc3ccc(OC)c(OC)c3)n2)CC1. The first-order valence-electron chi connectivity index (χ1n) is 9.00. The summed E-state index contributed by atoms with van der Waals surface area (Å²) < 4.78 is 15.6. The molecule has 0 saturated carbocycles. The van der Waals surface area contributed by atoms with E-state index in [4.69, 9.17) is 14.2 Å². The van der Waals surface area contributed by atoms with Crippen molar-refractivity contribution in [2.24, 2.45) is 0 Å². The predicted octanol–water partition coefficient (Wildman–Crippen LogP) is 1.91. The fourth-order valence-electron chi connectivity index (χ4n) is 2.88. The number of anilines is 3. The molecule has 0 spiro atoms. The number of nitrogens with one attached hydrogen (secondary N) is 1. The van der Waals surface area contributed by atoms with Crippen LogP contribution in [0.2, 0.25) is 0 Å². The molecule has 10 heteroatoms. The molecule has 1 aromatic heterocycles. The fourth-order valence-corrected chi connectivity index (χ4v) is 2.88. The Morgan fingerprint density at radius 1 is 1.14 bits per heavy atom. The molecule has 1 aliphatic heterocycles. The highest BCUT2D eigenvalue weighted by Gasteiger charge is 2.23. The number of carbonyl (C=O) groups is 1. The minimum Gasteiger partial charge on any atom is -0.493 e. The molecule has 28 heavy (non-hydrogen) atoms. The number of benzene rings is 1. The molecule has 1 amide bonds. The van der Waals surface area contributed by atoms with Crippen LogP contribution in [0.5, 0.6) is 11.5 Å². The Labute approximate surface area is 163 Å². The molecule has 0 bridgehead atoms. The molecule has 1 saturated heterocycles. The van der Waals surface area contributed by atoms with Crippen LogP contribution in [-0.2, 0) is 4.74 Å². The van der Waals surface area contributed by atoms with Crippen molar-refractivity contribution in [2.45, 2.75) is 6.92 Å². The molecule has 1 N–H and O–H groups in total. The number of rotatable bonds is 6. The highest BCUT2D eigenvalue weighted by atomic mass is 16.6. The van der Waals surface area contributed by atoms with E-state index in [2.05, 4.69) is 25.4 Å². The van der Waals surface area contributed by atoms with Gasteiger partial charge >= 0.3 is 6.09 Å². The van der Waals surface area contributed by atoms with Crippen LogP contribution in [0.15, 0.2) is 24.4 Å². The van der Waals surface area contributed by atoms with Gasteiger partial charge in [-0.25, -0.2) is 4.79 Å². The molecule has 0 radical (unpaired) electrons. The van der Waals surface area contributed by atoms with Crippen LogP contribution in [0.1, 0.15) is 6.92 Å². The van der Waals surface area contributed by atoms with E-state index in [0.29, 0.717) is 56.1 Å². The summed E-state index contributed by atoms with van der Waals surface area (Å²) in [7, 11) is 3.17. The van der Waals surface area contributed by atoms with Gasteiger partial charge < -0.3 is 29.3 Å². The summed E-state index contributed by atoms with van der Waals surface area (Å²) in [6.07, 6.45) is 1.33.